The second-order valence-corrected chi connectivity index (χ2v) is 6.29. The lowest BCUT2D eigenvalue weighted by Gasteiger charge is -2.15. The fourth-order valence-electron chi connectivity index (χ4n) is 3.06. The first kappa shape index (κ1) is 18.3. The van der Waals surface area contributed by atoms with Crippen molar-refractivity contribution >= 4 is 11.3 Å². The SMILES string of the molecule is COc1cc(-c2ccc(/C(C(=N)c3ccncc3)=C(\C)N)cc2C)ccn1. The molecule has 0 amide bonds. The van der Waals surface area contributed by atoms with Gasteiger partial charge in [0.05, 0.1) is 12.8 Å². The van der Waals surface area contributed by atoms with Gasteiger partial charge in [-0.15, -0.1) is 0 Å². The van der Waals surface area contributed by atoms with Crippen molar-refractivity contribution in [3.8, 4) is 17.0 Å². The maximum Gasteiger partial charge on any atom is 0.213 e. The number of aryl methyl sites for hydroxylation is 1. The average Bonchev–Trinajstić information content (AvgIpc) is 2.68. The Bertz CT molecular complexity index is 1010. The van der Waals surface area contributed by atoms with Gasteiger partial charge in [-0.2, -0.15) is 0 Å². The third-order valence-electron chi connectivity index (χ3n) is 4.38. The number of nitrogens with zero attached hydrogens (tertiary/aromatic N) is 2. The van der Waals surface area contributed by atoms with Crippen LogP contribution in [0.5, 0.6) is 5.88 Å². The van der Waals surface area contributed by atoms with Crippen molar-refractivity contribution in [3.05, 3.63) is 83.4 Å². The van der Waals surface area contributed by atoms with Gasteiger partial charge in [-0.25, -0.2) is 4.98 Å². The lowest BCUT2D eigenvalue weighted by Crippen LogP contribution is -2.09. The number of methoxy groups -OCH3 is 1. The highest BCUT2D eigenvalue weighted by molar-refractivity contribution is 6.30. The molecule has 0 bridgehead atoms. The van der Waals surface area contributed by atoms with Crippen LogP contribution < -0.4 is 10.5 Å². The largest absolute Gasteiger partial charge is 0.481 e. The molecule has 0 saturated carbocycles. The summed E-state index contributed by atoms with van der Waals surface area (Å²) in [6, 6.07) is 13.6. The zero-order valence-electron chi connectivity index (χ0n) is 15.7. The number of hydrogen-bond acceptors (Lipinski definition) is 5. The highest BCUT2D eigenvalue weighted by atomic mass is 16.5. The Labute approximate surface area is 159 Å². The Balaban J connectivity index is 2.02. The molecule has 5 nitrogen and oxygen atoms in total. The van der Waals surface area contributed by atoms with Gasteiger partial charge < -0.3 is 10.5 Å². The van der Waals surface area contributed by atoms with Crippen molar-refractivity contribution in [1.29, 1.82) is 5.41 Å². The molecule has 0 spiro atoms. The minimum atomic E-state index is 0.384. The maximum absolute atomic E-state index is 8.61. The Morgan fingerprint density at radius 3 is 2.37 bits per heavy atom. The summed E-state index contributed by atoms with van der Waals surface area (Å²) in [5, 5.41) is 8.61. The smallest absolute Gasteiger partial charge is 0.213 e. The van der Waals surface area contributed by atoms with Crippen LogP contribution in [0.2, 0.25) is 0 Å². The van der Waals surface area contributed by atoms with E-state index in [2.05, 4.69) is 16.0 Å². The average molecular weight is 358 g/mol. The zero-order chi connectivity index (χ0) is 19.4. The van der Waals surface area contributed by atoms with E-state index in [0.29, 0.717) is 17.3 Å². The maximum atomic E-state index is 8.61. The van der Waals surface area contributed by atoms with Crippen molar-refractivity contribution in [2.75, 3.05) is 7.11 Å². The summed E-state index contributed by atoms with van der Waals surface area (Å²) in [5.41, 5.74) is 12.8. The van der Waals surface area contributed by atoms with Crippen LogP contribution in [0.25, 0.3) is 16.7 Å². The molecule has 3 rings (SSSR count). The molecule has 3 N–H and O–H groups in total. The van der Waals surface area contributed by atoms with E-state index in [1.165, 1.54) is 0 Å². The number of allylic oxidation sites excluding steroid dienone is 2. The van der Waals surface area contributed by atoms with Crippen molar-refractivity contribution in [3.63, 3.8) is 0 Å². The van der Waals surface area contributed by atoms with Crippen LogP contribution in [0.1, 0.15) is 23.6 Å². The van der Waals surface area contributed by atoms with E-state index in [9.17, 15) is 0 Å². The molecule has 136 valence electrons. The highest BCUT2D eigenvalue weighted by Gasteiger charge is 2.14. The Hall–Kier alpha value is -3.47. The molecule has 0 radical (unpaired) electrons. The van der Waals surface area contributed by atoms with Crippen molar-refractivity contribution in [2.45, 2.75) is 13.8 Å². The first-order valence-corrected chi connectivity index (χ1v) is 8.58. The summed E-state index contributed by atoms with van der Waals surface area (Å²) in [7, 11) is 1.61. The summed E-state index contributed by atoms with van der Waals surface area (Å²) in [4.78, 5) is 8.18. The molecule has 2 heterocycles. The van der Waals surface area contributed by atoms with Crippen LogP contribution >= 0.6 is 0 Å². The summed E-state index contributed by atoms with van der Waals surface area (Å²) in [6.45, 7) is 3.87. The fraction of sp³-hybridized carbons (Fsp3) is 0.136. The standard InChI is InChI=1S/C22H22N4O/c1-14-12-18(4-5-19(14)17-8-11-26-20(13-17)27-3)21(15(2)23)22(24)16-6-9-25-10-7-16/h4-13,24H,23H2,1-3H3/b21-15-,24-22?. The number of ether oxygens (including phenoxy) is 1. The van der Waals surface area contributed by atoms with Gasteiger partial charge in [0.15, 0.2) is 0 Å². The van der Waals surface area contributed by atoms with Crippen LogP contribution in [0, 0.1) is 12.3 Å². The molecule has 0 unspecified atom stereocenters. The predicted octanol–water partition coefficient (Wildman–Crippen LogP) is 4.22. The van der Waals surface area contributed by atoms with Gasteiger partial charge in [0, 0.05) is 41.5 Å². The number of nitrogens with one attached hydrogen (secondary N) is 1. The van der Waals surface area contributed by atoms with Gasteiger partial charge in [0.2, 0.25) is 5.88 Å². The summed E-state index contributed by atoms with van der Waals surface area (Å²) in [5.74, 6) is 0.578. The zero-order valence-corrected chi connectivity index (χ0v) is 15.7. The predicted molar refractivity (Wildman–Crippen MR) is 109 cm³/mol. The molecule has 0 aliphatic carbocycles. The van der Waals surface area contributed by atoms with Crippen LogP contribution in [0.4, 0.5) is 0 Å². The van der Waals surface area contributed by atoms with E-state index in [4.69, 9.17) is 15.9 Å². The number of pyridine rings is 2. The first-order valence-electron chi connectivity index (χ1n) is 8.58. The second kappa shape index (κ2) is 7.83. The van der Waals surface area contributed by atoms with Crippen molar-refractivity contribution in [2.24, 2.45) is 5.73 Å². The van der Waals surface area contributed by atoms with Gasteiger partial charge in [0.1, 0.15) is 0 Å². The van der Waals surface area contributed by atoms with Crippen LogP contribution in [-0.4, -0.2) is 22.8 Å². The lowest BCUT2D eigenvalue weighted by molar-refractivity contribution is 0.398. The molecule has 1 aromatic carbocycles. The lowest BCUT2D eigenvalue weighted by atomic mass is 9.91. The Morgan fingerprint density at radius 2 is 1.74 bits per heavy atom. The molecule has 3 aromatic rings. The number of hydrogen-bond donors (Lipinski definition) is 2. The van der Waals surface area contributed by atoms with Crippen molar-refractivity contribution < 1.29 is 4.74 Å². The van der Waals surface area contributed by atoms with Gasteiger partial charge in [-0.3, -0.25) is 10.4 Å². The molecule has 0 fully saturated rings. The monoisotopic (exact) mass is 358 g/mol. The second-order valence-electron chi connectivity index (χ2n) is 6.29. The highest BCUT2D eigenvalue weighted by Crippen LogP contribution is 2.30. The van der Waals surface area contributed by atoms with Gasteiger partial charge >= 0.3 is 0 Å². The molecular formula is C22H22N4O. The molecule has 0 atom stereocenters. The molecule has 0 aliphatic heterocycles. The third kappa shape index (κ3) is 3.87. The number of benzene rings is 1. The van der Waals surface area contributed by atoms with Gasteiger partial charge in [-0.05, 0) is 54.3 Å². The number of nitrogens with two attached hydrogens (primary N) is 1. The topological polar surface area (TPSA) is 84.9 Å². The van der Waals surface area contributed by atoms with E-state index < -0.39 is 0 Å². The Morgan fingerprint density at radius 1 is 1.00 bits per heavy atom. The van der Waals surface area contributed by atoms with E-state index >= 15 is 0 Å². The minimum Gasteiger partial charge on any atom is -0.481 e. The quantitative estimate of drug-likeness (QED) is 0.669. The molecule has 2 aromatic heterocycles. The summed E-state index contributed by atoms with van der Waals surface area (Å²) in [6.07, 6.45) is 5.09. The van der Waals surface area contributed by atoms with Gasteiger partial charge in [0.25, 0.3) is 0 Å². The van der Waals surface area contributed by atoms with Crippen LogP contribution in [0.15, 0.2) is 66.8 Å². The summed E-state index contributed by atoms with van der Waals surface area (Å²) >= 11 is 0. The summed E-state index contributed by atoms with van der Waals surface area (Å²) < 4.78 is 5.22. The first-order chi connectivity index (χ1) is 13.0. The molecule has 27 heavy (non-hydrogen) atoms. The van der Waals surface area contributed by atoms with E-state index in [0.717, 1.165) is 33.4 Å². The van der Waals surface area contributed by atoms with Crippen molar-refractivity contribution in [1.82, 2.24) is 9.97 Å². The van der Waals surface area contributed by atoms with E-state index in [-0.39, 0.29) is 0 Å². The third-order valence-corrected chi connectivity index (χ3v) is 4.38. The normalized spacial score (nSPS) is 11.7. The van der Waals surface area contributed by atoms with Crippen LogP contribution in [-0.2, 0) is 0 Å². The molecule has 0 saturated heterocycles. The van der Waals surface area contributed by atoms with E-state index in [1.54, 1.807) is 25.7 Å². The fourth-order valence-corrected chi connectivity index (χ4v) is 3.06. The molecular weight excluding hydrogens is 336 g/mol. The van der Waals surface area contributed by atoms with E-state index in [1.807, 2.05) is 50.2 Å². The number of rotatable bonds is 5. The number of aromatic nitrogens is 2. The van der Waals surface area contributed by atoms with Crippen LogP contribution in [0.3, 0.4) is 0 Å². The molecule has 0 aliphatic rings. The molecule has 5 heteroatoms. The van der Waals surface area contributed by atoms with Gasteiger partial charge in [-0.1, -0.05) is 18.2 Å². The minimum absolute atomic E-state index is 0.384. The Kier molecular flexibility index (Phi) is 5.31.